The van der Waals surface area contributed by atoms with E-state index in [1.807, 2.05) is 7.05 Å². The molecule has 1 saturated heterocycles. The van der Waals surface area contributed by atoms with E-state index in [2.05, 4.69) is 15.6 Å². The standard InChI is InChI=1S/C18H20N4O2.2ClH/c1-22(16-7-9-20-12-16)18(24)13-4-2-6-15(10-13)21-17(23)14-5-3-8-19-11-14;;/h2-6,8,10-11,16,20H,7,9,12H2,1H3,(H,21,23);2*1H. The van der Waals surface area contributed by atoms with Crippen molar-refractivity contribution >= 4 is 42.3 Å². The third-order valence-corrected chi connectivity index (χ3v) is 4.19. The van der Waals surface area contributed by atoms with Crippen LogP contribution in [0.4, 0.5) is 5.69 Å². The molecule has 0 bridgehead atoms. The minimum atomic E-state index is -0.249. The maximum Gasteiger partial charge on any atom is 0.257 e. The summed E-state index contributed by atoms with van der Waals surface area (Å²) < 4.78 is 0. The van der Waals surface area contributed by atoms with Gasteiger partial charge in [-0.15, -0.1) is 24.8 Å². The molecule has 1 aromatic heterocycles. The van der Waals surface area contributed by atoms with E-state index in [-0.39, 0.29) is 42.7 Å². The van der Waals surface area contributed by atoms with Gasteiger partial charge in [0.25, 0.3) is 11.8 Å². The number of pyridine rings is 1. The molecular formula is C18H22Cl2N4O2. The predicted octanol–water partition coefficient (Wildman–Crippen LogP) is 2.61. The Hall–Kier alpha value is -2.15. The van der Waals surface area contributed by atoms with Gasteiger partial charge in [0.15, 0.2) is 0 Å². The van der Waals surface area contributed by atoms with Gasteiger partial charge in [0.2, 0.25) is 0 Å². The van der Waals surface area contributed by atoms with Crippen LogP contribution in [0.5, 0.6) is 0 Å². The van der Waals surface area contributed by atoms with Gasteiger partial charge < -0.3 is 15.5 Å². The number of aromatic nitrogens is 1. The lowest BCUT2D eigenvalue weighted by atomic mass is 10.1. The minimum absolute atomic E-state index is 0. The quantitative estimate of drug-likeness (QED) is 0.832. The zero-order chi connectivity index (χ0) is 16.9. The number of likely N-dealkylation sites (N-methyl/N-ethyl adjacent to an activating group) is 1. The topological polar surface area (TPSA) is 74.3 Å². The van der Waals surface area contributed by atoms with E-state index in [0.29, 0.717) is 16.8 Å². The van der Waals surface area contributed by atoms with Crippen LogP contribution in [0.15, 0.2) is 48.8 Å². The molecule has 1 aliphatic heterocycles. The van der Waals surface area contributed by atoms with Crippen molar-refractivity contribution in [1.82, 2.24) is 15.2 Å². The molecule has 6 nitrogen and oxygen atoms in total. The highest BCUT2D eigenvalue weighted by Gasteiger charge is 2.24. The molecular weight excluding hydrogens is 375 g/mol. The van der Waals surface area contributed by atoms with Crippen LogP contribution in [0.25, 0.3) is 0 Å². The van der Waals surface area contributed by atoms with Crippen LogP contribution in [0, 0.1) is 0 Å². The van der Waals surface area contributed by atoms with Gasteiger partial charge in [-0.25, -0.2) is 0 Å². The average Bonchev–Trinajstić information content (AvgIpc) is 3.16. The minimum Gasteiger partial charge on any atom is -0.337 e. The van der Waals surface area contributed by atoms with Crippen LogP contribution in [-0.2, 0) is 0 Å². The van der Waals surface area contributed by atoms with Crippen molar-refractivity contribution in [1.29, 1.82) is 0 Å². The zero-order valence-corrected chi connectivity index (χ0v) is 16.0. The Morgan fingerprint density at radius 2 is 1.96 bits per heavy atom. The van der Waals surface area contributed by atoms with Gasteiger partial charge in [0.05, 0.1) is 5.56 Å². The second kappa shape index (κ2) is 10.1. The van der Waals surface area contributed by atoms with Crippen LogP contribution in [-0.4, -0.2) is 47.9 Å². The lowest BCUT2D eigenvalue weighted by Gasteiger charge is -2.24. The van der Waals surface area contributed by atoms with Crippen molar-refractivity contribution < 1.29 is 9.59 Å². The molecule has 2 N–H and O–H groups in total. The molecule has 0 aliphatic carbocycles. The Bertz CT molecular complexity index is 737. The largest absolute Gasteiger partial charge is 0.337 e. The van der Waals surface area contributed by atoms with Crippen molar-refractivity contribution in [2.24, 2.45) is 0 Å². The third-order valence-electron chi connectivity index (χ3n) is 4.19. The monoisotopic (exact) mass is 396 g/mol. The molecule has 2 heterocycles. The molecule has 26 heavy (non-hydrogen) atoms. The number of nitrogens with zero attached hydrogens (tertiary/aromatic N) is 2. The summed E-state index contributed by atoms with van der Waals surface area (Å²) >= 11 is 0. The van der Waals surface area contributed by atoms with Crippen molar-refractivity contribution in [2.45, 2.75) is 12.5 Å². The summed E-state index contributed by atoms with van der Waals surface area (Å²) in [4.78, 5) is 30.5. The first-order valence-corrected chi connectivity index (χ1v) is 7.94. The van der Waals surface area contributed by atoms with Crippen LogP contribution >= 0.6 is 24.8 Å². The van der Waals surface area contributed by atoms with E-state index in [0.717, 1.165) is 19.5 Å². The molecule has 0 spiro atoms. The molecule has 3 rings (SSSR count). The van der Waals surface area contributed by atoms with Gasteiger partial charge >= 0.3 is 0 Å². The van der Waals surface area contributed by atoms with Gasteiger partial charge in [0.1, 0.15) is 0 Å². The number of nitrogens with one attached hydrogen (secondary N) is 2. The summed E-state index contributed by atoms with van der Waals surface area (Å²) in [6, 6.07) is 10.6. The summed E-state index contributed by atoms with van der Waals surface area (Å²) in [5.41, 5.74) is 1.63. The molecule has 140 valence electrons. The number of benzene rings is 1. The van der Waals surface area contributed by atoms with Crippen LogP contribution in [0.1, 0.15) is 27.1 Å². The number of hydrogen-bond acceptors (Lipinski definition) is 4. The number of hydrogen-bond donors (Lipinski definition) is 2. The first-order valence-electron chi connectivity index (χ1n) is 7.94. The Labute approximate surface area is 165 Å². The summed E-state index contributed by atoms with van der Waals surface area (Å²) in [5.74, 6) is -0.290. The van der Waals surface area contributed by atoms with E-state index in [1.54, 1.807) is 47.5 Å². The van der Waals surface area contributed by atoms with Gasteiger partial charge in [-0.2, -0.15) is 0 Å². The average molecular weight is 397 g/mol. The molecule has 1 aliphatic rings. The third kappa shape index (κ3) is 5.17. The molecule has 1 atom stereocenters. The Morgan fingerprint density at radius 3 is 2.62 bits per heavy atom. The Kier molecular flexibility index (Phi) is 8.51. The van der Waals surface area contributed by atoms with E-state index in [4.69, 9.17) is 0 Å². The summed E-state index contributed by atoms with van der Waals surface area (Å²) in [6.07, 6.45) is 4.08. The Morgan fingerprint density at radius 1 is 1.19 bits per heavy atom. The van der Waals surface area contributed by atoms with Crippen molar-refractivity contribution in [2.75, 3.05) is 25.5 Å². The SMILES string of the molecule is CN(C(=O)c1cccc(NC(=O)c2cccnc2)c1)C1CCNC1.Cl.Cl. The summed E-state index contributed by atoms with van der Waals surface area (Å²) in [5, 5.41) is 6.06. The number of anilines is 1. The molecule has 8 heteroatoms. The number of halogens is 2. The van der Waals surface area contributed by atoms with Crippen LogP contribution in [0.2, 0.25) is 0 Å². The fourth-order valence-electron chi connectivity index (χ4n) is 2.77. The van der Waals surface area contributed by atoms with Gasteiger partial charge in [-0.3, -0.25) is 14.6 Å². The molecule has 2 aromatic rings. The second-order valence-corrected chi connectivity index (χ2v) is 5.84. The van der Waals surface area contributed by atoms with Crippen molar-refractivity contribution in [3.63, 3.8) is 0 Å². The van der Waals surface area contributed by atoms with Crippen LogP contribution < -0.4 is 10.6 Å². The second-order valence-electron chi connectivity index (χ2n) is 5.84. The maximum absolute atomic E-state index is 12.6. The molecule has 0 saturated carbocycles. The molecule has 2 amide bonds. The van der Waals surface area contributed by atoms with Crippen molar-refractivity contribution in [3.8, 4) is 0 Å². The van der Waals surface area contributed by atoms with E-state index in [9.17, 15) is 9.59 Å². The lowest BCUT2D eigenvalue weighted by Crippen LogP contribution is -2.38. The Balaban J connectivity index is 0.00000169. The normalized spacial score (nSPS) is 15.3. The van der Waals surface area contributed by atoms with E-state index >= 15 is 0 Å². The first kappa shape index (κ1) is 21.9. The fraction of sp³-hybridized carbons (Fsp3) is 0.278. The number of amides is 2. The van der Waals surface area contributed by atoms with E-state index < -0.39 is 0 Å². The smallest absolute Gasteiger partial charge is 0.257 e. The van der Waals surface area contributed by atoms with Gasteiger partial charge in [-0.05, 0) is 43.3 Å². The highest BCUT2D eigenvalue weighted by molar-refractivity contribution is 6.04. The summed E-state index contributed by atoms with van der Waals surface area (Å²) in [7, 11) is 1.82. The lowest BCUT2D eigenvalue weighted by molar-refractivity contribution is 0.0743. The maximum atomic E-state index is 12.6. The molecule has 1 aromatic carbocycles. The number of rotatable bonds is 4. The van der Waals surface area contributed by atoms with Gasteiger partial charge in [0, 0.05) is 43.3 Å². The van der Waals surface area contributed by atoms with Crippen molar-refractivity contribution in [3.05, 3.63) is 59.9 Å². The highest BCUT2D eigenvalue weighted by atomic mass is 35.5. The summed E-state index contributed by atoms with van der Waals surface area (Å²) in [6.45, 7) is 1.75. The number of carbonyl (C=O) groups is 2. The predicted molar refractivity (Wildman–Crippen MR) is 106 cm³/mol. The molecule has 0 radical (unpaired) electrons. The first-order chi connectivity index (χ1) is 11.6. The molecule has 1 fully saturated rings. The zero-order valence-electron chi connectivity index (χ0n) is 14.3. The number of carbonyl (C=O) groups excluding carboxylic acids is 2. The van der Waals surface area contributed by atoms with E-state index in [1.165, 1.54) is 6.20 Å². The van der Waals surface area contributed by atoms with Crippen LogP contribution in [0.3, 0.4) is 0 Å². The van der Waals surface area contributed by atoms with Gasteiger partial charge in [-0.1, -0.05) is 6.07 Å². The highest BCUT2D eigenvalue weighted by Crippen LogP contribution is 2.16. The molecule has 1 unspecified atom stereocenters. The fourth-order valence-corrected chi connectivity index (χ4v) is 2.77.